The van der Waals surface area contributed by atoms with E-state index in [2.05, 4.69) is 29.2 Å². The number of hydrogen-bond donors (Lipinski definition) is 0. The molecule has 0 amide bonds. The maximum Gasteiger partial charge on any atom is 0.240 e. The topological polar surface area (TPSA) is 35.0 Å². The number of hydrogen-bond acceptors (Lipinski definition) is 4. The Morgan fingerprint density at radius 3 is 2.82 bits per heavy atom. The Morgan fingerprint density at radius 1 is 1.41 bits per heavy atom. The molecular weight excluding hydrogens is 232 g/mol. The van der Waals surface area contributed by atoms with Gasteiger partial charge in [0, 0.05) is 17.1 Å². The lowest BCUT2D eigenvalue weighted by Crippen LogP contribution is -2.02. The molecule has 0 saturated heterocycles. The summed E-state index contributed by atoms with van der Waals surface area (Å²) in [5, 5.41) is 4.08. The highest BCUT2D eigenvalue weighted by atomic mass is 32.1. The first-order valence-corrected chi connectivity index (χ1v) is 6.57. The van der Waals surface area contributed by atoms with Gasteiger partial charge in [-0.25, -0.2) is 9.97 Å². The lowest BCUT2D eigenvalue weighted by atomic mass is 10.1. The Bertz CT molecular complexity index is 480. The third kappa shape index (κ3) is 2.82. The van der Waals surface area contributed by atoms with Crippen LogP contribution in [0.1, 0.15) is 19.5 Å². The fraction of sp³-hybridized carbons (Fsp3) is 0.385. The van der Waals surface area contributed by atoms with Gasteiger partial charge in [-0.2, -0.15) is 11.3 Å². The van der Waals surface area contributed by atoms with Crippen LogP contribution in [-0.4, -0.2) is 17.1 Å². The van der Waals surface area contributed by atoms with Gasteiger partial charge in [0.05, 0.1) is 12.8 Å². The molecule has 0 radical (unpaired) electrons. The predicted octanol–water partition coefficient (Wildman–Crippen LogP) is 3.41. The summed E-state index contributed by atoms with van der Waals surface area (Å²) < 4.78 is 5.32. The molecule has 0 saturated carbocycles. The minimum absolute atomic E-state index is 0.570. The van der Waals surface area contributed by atoms with Crippen LogP contribution in [0.15, 0.2) is 23.0 Å². The van der Waals surface area contributed by atoms with Crippen molar-refractivity contribution in [3.05, 3.63) is 28.7 Å². The minimum Gasteiger partial charge on any atom is -0.479 e. The zero-order chi connectivity index (χ0) is 12.3. The summed E-state index contributed by atoms with van der Waals surface area (Å²) >= 11 is 1.65. The van der Waals surface area contributed by atoms with Crippen molar-refractivity contribution in [2.45, 2.75) is 20.3 Å². The number of methoxy groups -OCH3 is 1. The first kappa shape index (κ1) is 12.0. The first-order valence-electron chi connectivity index (χ1n) is 5.63. The molecule has 2 rings (SSSR count). The van der Waals surface area contributed by atoms with Crippen LogP contribution < -0.4 is 4.74 Å². The van der Waals surface area contributed by atoms with Gasteiger partial charge in [-0.05, 0) is 23.8 Å². The zero-order valence-electron chi connectivity index (χ0n) is 10.3. The van der Waals surface area contributed by atoms with Gasteiger partial charge in [0.2, 0.25) is 5.88 Å². The second-order valence-corrected chi connectivity index (χ2v) is 5.11. The average molecular weight is 248 g/mol. The van der Waals surface area contributed by atoms with Gasteiger partial charge in [0.1, 0.15) is 5.69 Å². The minimum atomic E-state index is 0.570. The third-order valence-electron chi connectivity index (χ3n) is 2.40. The molecule has 0 aromatic carbocycles. The van der Waals surface area contributed by atoms with Gasteiger partial charge in [-0.1, -0.05) is 13.8 Å². The Labute approximate surface area is 106 Å². The van der Waals surface area contributed by atoms with Crippen LogP contribution in [-0.2, 0) is 6.42 Å². The molecule has 0 aliphatic carbocycles. The van der Waals surface area contributed by atoms with Gasteiger partial charge in [-0.15, -0.1) is 0 Å². The third-order valence-corrected chi connectivity index (χ3v) is 3.08. The van der Waals surface area contributed by atoms with Gasteiger partial charge in [-0.3, -0.25) is 0 Å². The summed E-state index contributed by atoms with van der Waals surface area (Å²) in [6, 6.07) is 2.03. The molecule has 3 nitrogen and oxygen atoms in total. The van der Waals surface area contributed by atoms with Crippen LogP contribution in [0.25, 0.3) is 11.3 Å². The van der Waals surface area contributed by atoms with E-state index >= 15 is 0 Å². The van der Waals surface area contributed by atoms with E-state index in [1.807, 2.05) is 17.6 Å². The largest absolute Gasteiger partial charge is 0.479 e. The van der Waals surface area contributed by atoms with Crippen molar-refractivity contribution in [1.29, 1.82) is 0 Å². The maximum atomic E-state index is 5.32. The van der Waals surface area contributed by atoms with Crippen molar-refractivity contribution in [2.75, 3.05) is 7.11 Å². The van der Waals surface area contributed by atoms with E-state index in [0.29, 0.717) is 11.8 Å². The monoisotopic (exact) mass is 248 g/mol. The number of nitrogens with zero attached hydrogens (tertiary/aromatic N) is 2. The van der Waals surface area contributed by atoms with Crippen molar-refractivity contribution >= 4 is 11.3 Å². The normalized spacial score (nSPS) is 10.8. The highest BCUT2D eigenvalue weighted by molar-refractivity contribution is 7.08. The van der Waals surface area contributed by atoms with Crippen LogP contribution in [0.2, 0.25) is 0 Å². The Hall–Kier alpha value is -1.42. The fourth-order valence-corrected chi connectivity index (χ4v) is 2.30. The Morgan fingerprint density at radius 2 is 2.24 bits per heavy atom. The summed E-state index contributed by atoms with van der Waals surface area (Å²) in [7, 11) is 1.64. The lowest BCUT2D eigenvalue weighted by Gasteiger charge is -2.08. The van der Waals surface area contributed by atoms with Crippen molar-refractivity contribution in [3.63, 3.8) is 0 Å². The second-order valence-electron chi connectivity index (χ2n) is 4.33. The van der Waals surface area contributed by atoms with E-state index in [0.717, 1.165) is 23.4 Å². The maximum absolute atomic E-state index is 5.32. The van der Waals surface area contributed by atoms with Crippen LogP contribution in [0.4, 0.5) is 0 Å². The molecule has 0 N–H and O–H groups in total. The van der Waals surface area contributed by atoms with Gasteiger partial charge in [0.25, 0.3) is 0 Å². The second kappa shape index (κ2) is 5.27. The molecule has 4 heteroatoms. The van der Waals surface area contributed by atoms with E-state index in [1.54, 1.807) is 18.4 Å². The SMILES string of the molecule is COc1nc(CC(C)C)cnc1-c1ccsc1. The van der Waals surface area contributed by atoms with Crippen molar-refractivity contribution in [1.82, 2.24) is 9.97 Å². The van der Waals surface area contributed by atoms with Crippen LogP contribution in [0.5, 0.6) is 5.88 Å². The molecule has 0 spiro atoms. The molecule has 17 heavy (non-hydrogen) atoms. The lowest BCUT2D eigenvalue weighted by molar-refractivity contribution is 0.395. The van der Waals surface area contributed by atoms with Crippen LogP contribution in [0, 0.1) is 5.92 Å². The highest BCUT2D eigenvalue weighted by Crippen LogP contribution is 2.27. The summed E-state index contributed by atoms with van der Waals surface area (Å²) in [4.78, 5) is 8.97. The summed E-state index contributed by atoms with van der Waals surface area (Å²) in [5.74, 6) is 1.18. The van der Waals surface area contributed by atoms with Gasteiger partial charge in [0.15, 0.2) is 0 Å². The van der Waals surface area contributed by atoms with Crippen LogP contribution in [0.3, 0.4) is 0 Å². The predicted molar refractivity (Wildman–Crippen MR) is 70.4 cm³/mol. The zero-order valence-corrected chi connectivity index (χ0v) is 11.1. The van der Waals surface area contributed by atoms with E-state index in [-0.39, 0.29) is 0 Å². The summed E-state index contributed by atoms with van der Waals surface area (Å²) in [6.45, 7) is 4.34. The molecule has 0 fully saturated rings. The first-order chi connectivity index (χ1) is 8.20. The highest BCUT2D eigenvalue weighted by Gasteiger charge is 2.11. The summed E-state index contributed by atoms with van der Waals surface area (Å²) in [5.41, 5.74) is 2.87. The number of aromatic nitrogens is 2. The van der Waals surface area contributed by atoms with E-state index in [9.17, 15) is 0 Å². The average Bonchev–Trinajstić information content (AvgIpc) is 2.81. The Balaban J connectivity index is 2.35. The molecule has 0 atom stereocenters. The van der Waals surface area contributed by atoms with Gasteiger partial charge >= 0.3 is 0 Å². The molecule has 2 aromatic rings. The molecule has 90 valence electrons. The van der Waals surface area contributed by atoms with Gasteiger partial charge < -0.3 is 4.74 Å². The molecule has 0 aliphatic heterocycles. The molecule has 2 aromatic heterocycles. The molecular formula is C13H16N2OS. The van der Waals surface area contributed by atoms with E-state index in [1.165, 1.54) is 0 Å². The number of rotatable bonds is 4. The van der Waals surface area contributed by atoms with Crippen molar-refractivity contribution < 1.29 is 4.74 Å². The Kier molecular flexibility index (Phi) is 3.74. The molecule has 0 aliphatic rings. The molecule has 0 unspecified atom stereocenters. The van der Waals surface area contributed by atoms with E-state index in [4.69, 9.17) is 4.74 Å². The molecule has 0 bridgehead atoms. The quantitative estimate of drug-likeness (QED) is 0.831. The van der Waals surface area contributed by atoms with Crippen molar-refractivity contribution in [2.24, 2.45) is 5.92 Å². The standard InChI is InChI=1S/C13H16N2OS/c1-9(2)6-11-7-14-12(13(15-11)16-3)10-4-5-17-8-10/h4-5,7-9H,6H2,1-3H3. The van der Waals surface area contributed by atoms with Crippen molar-refractivity contribution in [3.8, 4) is 17.1 Å². The summed E-state index contributed by atoms with van der Waals surface area (Å²) in [6.07, 6.45) is 2.77. The molecule has 2 heterocycles. The number of thiophene rings is 1. The smallest absolute Gasteiger partial charge is 0.240 e. The number of ether oxygens (including phenoxy) is 1. The van der Waals surface area contributed by atoms with Crippen LogP contribution >= 0.6 is 11.3 Å². The van der Waals surface area contributed by atoms with E-state index < -0.39 is 0 Å². The fourth-order valence-electron chi connectivity index (χ4n) is 1.66.